The summed E-state index contributed by atoms with van der Waals surface area (Å²) < 4.78 is 12.1. The van der Waals surface area contributed by atoms with Crippen molar-refractivity contribution in [3.63, 3.8) is 0 Å². The molecular weight excluding hydrogens is 424 g/mol. The first-order valence-corrected chi connectivity index (χ1v) is 9.59. The number of carbonyl (C=O) groups is 1. The minimum atomic E-state index is -0.548. The lowest BCUT2D eigenvalue weighted by Crippen LogP contribution is -2.13. The summed E-state index contributed by atoms with van der Waals surface area (Å²) in [4.78, 5) is 12.4. The highest BCUT2D eigenvalue weighted by molar-refractivity contribution is 9.10. The molecule has 7 heteroatoms. The monoisotopic (exact) mass is 444 g/mol. The number of hydrogen-bond acceptors (Lipinski definition) is 5. The van der Waals surface area contributed by atoms with Crippen molar-refractivity contribution in [2.24, 2.45) is 0 Å². The summed E-state index contributed by atoms with van der Waals surface area (Å²) in [6, 6.07) is 11.4. The maximum atomic E-state index is 12.4. The van der Waals surface area contributed by atoms with Crippen molar-refractivity contribution in [2.45, 2.75) is 20.3 Å². The molecule has 0 aliphatic heterocycles. The quantitative estimate of drug-likeness (QED) is 0.343. The third-order valence-corrected chi connectivity index (χ3v) is 4.17. The zero-order valence-corrected chi connectivity index (χ0v) is 17.2. The van der Waals surface area contributed by atoms with E-state index in [4.69, 9.17) is 9.47 Å². The number of hydrogen-bond donors (Lipinski definition) is 2. The number of benzene rings is 2. The van der Waals surface area contributed by atoms with Crippen LogP contribution < -0.4 is 14.8 Å². The molecule has 0 fully saturated rings. The Morgan fingerprint density at radius 3 is 2.57 bits per heavy atom. The molecule has 0 aliphatic rings. The number of aromatic hydroxyl groups is 1. The first-order chi connectivity index (χ1) is 13.5. The molecule has 0 spiro atoms. The molecular formula is C21H21BrN2O4. The van der Waals surface area contributed by atoms with E-state index in [1.54, 1.807) is 24.3 Å². The summed E-state index contributed by atoms with van der Waals surface area (Å²) in [6.07, 6.45) is 2.34. The molecule has 2 N–H and O–H groups in total. The topological polar surface area (TPSA) is 91.6 Å². The predicted molar refractivity (Wildman–Crippen MR) is 111 cm³/mol. The van der Waals surface area contributed by atoms with Crippen LogP contribution >= 0.6 is 15.9 Å². The van der Waals surface area contributed by atoms with Crippen molar-refractivity contribution >= 4 is 33.6 Å². The summed E-state index contributed by atoms with van der Waals surface area (Å²) in [6.45, 7) is 4.88. The predicted octanol–water partition coefficient (Wildman–Crippen LogP) is 4.89. The number of phenols is 1. The zero-order valence-electron chi connectivity index (χ0n) is 15.7. The van der Waals surface area contributed by atoms with E-state index < -0.39 is 5.91 Å². The standard InChI is InChI=1S/C21H21BrN2O4/c1-3-9-28-20-18(22)11-14(12-19(20)27-4-2)10-15(13-23)21(26)24-16-5-7-17(25)8-6-16/h5-8,10-12,25H,3-4,9H2,1-2H3,(H,24,26)/b15-10+. The minimum absolute atomic E-state index is 0.0651. The fourth-order valence-corrected chi connectivity index (χ4v) is 2.91. The number of halogens is 1. The van der Waals surface area contributed by atoms with Gasteiger partial charge >= 0.3 is 0 Å². The van der Waals surface area contributed by atoms with Gasteiger partial charge in [-0.05, 0) is 77.3 Å². The molecule has 0 unspecified atom stereocenters. The molecule has 2 rings (SSSR count). The number of amides is 1. The normalized spacial score (nSPS) is 10.9. The van der Waals surface area contributed by atoms with Crippen LogP contribution in [0, 0.1) is 11.3 Å². The van der Waals surface area contributed by atoms with Gasteiger partial charge in [-0.3, -0.25) is 4.79 Å². The van der Waals surface area contributed by atoms with Crippen LogP contribution in [-0.4, -0.2) is 24.2 Å². The lowest BCUT2D eigenvalue weighted by Gasteiger charge is -2.14. The summed E-state index contributed by atoms with van der Waals surface area (Å²) in [5.41, 5.74) is 1.03. The van der Waals surface area contributed by atoms with Crippen LogP contribution in [0.5, 0.6) is 17.2 Å². The van der Waals surface area contributed by atoms with Gasteiger partial charge in [-0.2, -0.15) is 5.26 Å². The first kappa shape index (κ1) is 21.3. The Morgan fingerprint density at radius 2 is 1.96 bits per heavy atom. The van der Waals surface area contributed by atoms with Crippen molar-refractivity contribution in [2.75, 3.05) is 18.5 Å². The van der Waals surface area contributed by atoms with Gasteiger partial charge in [-0.25, -0.2) is 0 Å². The number of anilines is 1. The number of rotatable bonds is 8. The van der Waals surface area contributed by atoms with E-state index in [1.807, 2.05) is 19.9 Å². The van der Waals surface area contributed by atoms with Gasteiger partial charge in [-0.15, -0.1) is 0 Å². The van der Waals surface area contributed by atoms with E-state index in [0.717, 1.165) is 6.42 Å². The fourth-order valence-electron chi connectivity index (χ4n) is 2.34. The second kappa shape index (κ2) is 10.4. The van der Waals surface area contributed by atoms with Crippen LogP contribution in [0.1, 0.15) is 25.8 Å². The summed E-state index contributed by atoms with van der Waals surface area (Å²) in [5, 5.41) is 21.3. The SMILES string of the molecule is CCCOc1c(Br)cc(/C=C(\C#N)C(=O)Nc2ccc(O)cc2)cc1OCC. The third-order valence-electron chi connectivity index (χ3n) is 3.58. The molecule has 28 heavy (non-hydrogen) atoms. The second-order valence-electron chi connectivity index (χ2n) is 5.78. The van der Waals surface area contributed by atoms with Gasteiger partial charge in [0.2, 0.25) is 0 Å². The highest BCUT2D eigenvalue weighted by Crippen LogP contribution is 2.37. The summed E-state index contributed by atoms with van der Waals surface area (Å²) in [7, 11) is 0. The molecule has 0 saturated carbocycles. The van der Waals surface area contributed by atoms with Crippen molar-refractivity contribution in [1.29, 1.82) is 5.26 Å². The van der Waals surface area contributed by atoms with E-state index in [0.29, 0.717) is 40.4 Å². The van der Waals surface area contributed by atoms with Gasteiger partial charge in [0.05, 0.1) is 17.7 Å². The highest BCUT2D eigenvalue weighted by atomic mass is 79.9. The lowest BCUT2D eigenvalue weighted by molar-refractivity contribution is -0.112. The molecule has 0 bridgehead atoms. The molecule has 1 amide bonds. The van der Waals surface area contributed by atoms with Gasteiger partial charge < -0.3 is 19.9 Å². The second-order valence-corrected chi connectivity index (χ2v) is 6.64. The molecule has 0 aromatic heterocycles. The molecule has 0 heterocycles. The highest BCUT2D eigenvalue weighted by Gasteiger charge is 2.14. The van der Waals surface area contributed by atoms with Crippen LogP contribution in [-0.2, 0) is 4.79 Å². The maximum absolute atomic E-state index is 12.4. The van der Waals surface area contributed by atoms with Crippen LogP contribution in [0.4, 0.5) is 5.69 Å². The molecule has 6 nitrogen and oxygen atoms in total. The number of ether oxygens (including phenoxy) is 2. The van der Waals surface area contributed by atoms with Crippen LogP contribution in [0.25, 0.3) is 6.08 Å². The van der Waals surface area contributed by atoms with E-state index in [-0.39, 0.29) is 11.3 Å². The Hall–Kier alpha value is -2.98. The van der Waals surface area contributed by atoms with Crippen LogP contribution in [0.15, 0.2) is 46.4 Å². The maximum Gasteiger partial charge on any atom is 0.266 e. The molecule has 0 atom stereocenters. The Labute approximate surface area is 172 Å². The number of nitrogens with zero attached hydrogens (tertiary/aromatic N) is 1. The molecule has 146 valence electrons. The van der Waals surface area contributed by atoms with Crippen molar-refractivity contribution in [1.82, 2.24) is 0 Å². The Kier molecular flexibility index (Phi) is 7.90. The van der Waals surface area contributed by atoms with E-state index in [1.165, 1.54) is 18.2 Å². The number of nitriles is 1. The van der Waals surface area contributed by atoms with E-state index in [9.17, 15) is 15.2 Å². The molecule has 0 saturated heterocycles. The summed E-state index contributed by atoms with van der Waals surface area (Å²) in [5.74, 6) is 0.669. The van der Waals surface area contributed by atoms with E-state index >= 15 is 0 Å². The fraction of sp³-hybridized carbons (Fsp3) is 0.238. The number of carbonyl (C=O) groups excluding carboxylic acids is 1. The smallest absolute Gasteiger partial charge is 0.266 e. The molecule has 0 aliphatic carbocycles. The van der Waals surface area contributed by atoms with Gasteiger partial charge in [-0.1, -0.05) is 6.92 Å². The number of phenolic OH excluding ortho intramolecular Hbond substituents is 1. The Morgan fingerprint density at radius 1 is 1.25 bits per heavy atom. The van der Waals surface area contributed by atoms with Crippen molar-refractivity contribution in [3.05, 3.63) is 52.0 Å². The van der Waals surface area contributed by atoms with Gasteiger partial charge in [0, 0.05) is 5.69 Å². The minimum Gasteiger partial charge on any atom is -0.508 e. The van der Waals surface area contributed by atoms with Crippen molar-refractivity contribution in [3.8, 4) is 23.3 Å². The molecule has 2 aromatic rings. The third kappa shape index (κ3) is 5.76. The zero-order chi connectivity index (χ0) is 20.5. The first-order valence-electron chi connectivity index (χ1n) is 8.79. The lowest BCUT2D eigenvalue weighted by atomic mass is 10.1. The summed E-state index contributed by atoms with van der Waals surface area (Å²) >= 11 is 3.47. The number of nitrogens with one attached hydrogen (secondary N) is 1. The van der Waals surface area contributed by atoms with E-state index in [2.05, 4.69) is 21.2 Å². The Balaban J connectivity index is 2.30. The van der Waals surface area contributed by atoms with Gasteiger partial charge in [0.1, 0.15) is 17.4 Å². The largest absolute Gasteiger partial charge is 0.508 e. The van der Waals surface area contributed by atoms with Gasteiger partial charge in [0.25, 0.3) is 5.91 Å². The average Bonchev–Trinajstić information content (AvgIpc) is 2.67. The van der Waals surface area contributed by atoms with Crippen LogP contribution in [0.3, 0.4) is 0 Å². The Bertz CT molecular complexity index is 902. The average molecular weight is 445 g/mol. The molecule has 0 radical (unpaired) electrons. The van der Waals surface area contributed by atoms with Crippen LogP contribution in [0.2, 0.25) is 0 Å². The van der Waals surface area contributed by atoms with Gasteiger partial charge in [0.15, 0.2) is 11.5 Å². The molecule has 2 aromatic carbocycles. The van der Waals surface area contributed by atoms with Crippen molar-refractivity contribution < 1.29 is 19.4 Å².